The predicted octanol–water partition coefficient (Wildman–Crippen LogP) is 5.07. The number of rotatable bonds is 10. The first kappa shape index (κ1) is 40.5. The highest BCUT2D eigenvalue weighted by Gasteiger charge is 2.34. The monoisotopic (exact) mass is 794 g/mol. The molecule has 0 fully saturated rings. The smallest absolute Gasteiger partial charge is 0.245 e. The summed E-state index contributed by atoms with van der Waals surface area (Å²) in [6.45, 7) is 0.749. The van der Waals surface area contributed by atoms with Crippen molar-refractivity contribution in [3.8, 4) is 11.1 Å². The van der Waals surface area contributed by atoms with E-state index in [1.165, 1.54) is 16.7 Å². The van der Waals surface area contributed by atoms with Crippen molar-refractivity contribution in [2.75, 3.05) is 13.6 Å². The van der Waals surface area contributed by atoms with Crippen LogP contribution in [0.2, 0.25) is 5.02 Å². The second kappa shape index (κ2) is 19.1. The number of aromatic amines is 1. The molecule has 12 nitrogen and oxygen atoms in total. The molecule has 2 aromatic heterocycles. The average Bonchev–Trinajstić information content (AvgIpc) is 3.62. The average molecular weight is 795 g/mol. The van der Waals surface area contributed by atoms with E-state index in [9.17, 15) is 19.2 Å². The number of nitrogens with zero attached hydrogens (tertiary/aromatic N) is 2. The number of pyridine rings is 1. The topological polar surface area (TPSA) is 188 Å². The third-order valence-electron chi connectivity index (χ3n) is 10.0. The lowest BCUT2D eigenvalue weighted by Crippen LogP contribution is -2.57. The molecule has 0 saturated carbocycles. The van der Waals surface area contributed by atoms with Crippen molar-refractivity contribution in [1.82, 2.24) is 30.8 Å². The summed E-state index contributed by atoms with van der Waals surface area (Å²) in [7, 11) is 1.59. The lowest BCUT2D eigenvalue weighted by Gasteiger charge is -2.32. The van der Waals surface area contributed by atoms with Crippen molar-refractivity contribution < 1.29 is 19.2 Å². The number of hydrogen-bond acceptors (Lipinski definition) is 8. The number of unbranched alkanes of at least 4 members (excludes halogenated alkanes) is 1. The number of carbonyl (C=O) groups excluding carboxylic acids is 4. The van der Waals surface area contributed by atoms with Gasteiger partial charge in [0.25, 0.3) is 0 Å². The molecule has 0 bridgehead atoms. The zero-order valence-electron chi connectivity index (χ0n) is 31.2. The third-order valence-corrected chi connectivity index (χ3v) is 11.7. The van der Waals surface area contributed by atoms with Gasteiger partial charge in [-0.1, -0.05) is 78.0 Å². The van der Waals surface area contributed by atoms with E-state index in [2.05, 4.69) is 25.9 Å². The van der Waals surface area contributed by atoms with Gasteiger partial charge >= 0.3 is 0 Å². The van der Waals surface area contributed by atoms with Gasteiger partial charge in [0.1, 0.15) is 17.1 Å². The maximum atomic E-state index is 14.5. The van der Waals surface area contributed by atoms with Crippen LogP contribution in [0, 0.1) is 0 Å². The zero-order valence-corrected chi connectivity index (χ0v) is 32.8. The van der Waals surface area contributed by atoms with E-state index in [1.54, 1.807) is 19.3 Å². The van der Waals surface area contributed by atoms with Crippen LogP contribution in [0.25, 0.3) is 22.0 Å². The minimum absolute atomic E-state index is 0.0506. The normalized spacial score (nSPS) is 18.4. The Hall–Kier alpha value is -5.21. The fourth-order valence-electron chi connectivity index (χ4n) is 6.92. The molecular formula is C42H47ClN8O4S. The Labute approximate surface area is 335 Å². The van der Waals surface area contributed by atoms with Gasteiger partial charge in [-0.05, 0) is 84.3 Å². The number of aromatic nitrogens is 2. The highest BCUT2D eigenvalue weighted by Crippen LogP contribution is 2.40. The summed E-state index contributed by atoms with van der Waals surface area (Å²) in [6.07, 6.45) is 5.30. The summed E-state index contributed by atoms with van der Waals surface area (Å²) in [4.78, 5) is 65.1. The third kappa shape index (κ3) is 9.96. The van der Waals surface area contributed by atoms with Gasteiger partial charge in [-0.2, -0.15) is 0 Å². The molecule has 0 aliphatic carbocycles. The molecule has 3 unspecified atom stereocenters. The summed E-state index contributed by atoms with van der Waals surface area (Å²) in [6, 6.07) is 22.4. The van der Waals surface area contributed by atoms with Crippen molar-refractivity contribution in [3.05, 3.63) is 113 Å². The largest absolute Gasteiger partial charge is 0.370 e. The van der Waals surface area contributed by atoms with E-state index >= 15 is 0 Å². The Morgan fingerprint density at radius 2 is 1.70 bits per heavy atom. The number of halogens is 1. The fourth-order valence-corrected chi connectivity index (χ4v) is 8.27. The SMILES string of the molecule is CN1C(=O)C(CCCCN)NC(=O)C(CCC(N)=O)NCc2cccnc2Sc2c(Cl)cc(-c3ccccc3)cc2CNC(=O)C1Cc1c[nH]c2ccccc12. The van der Waals surface area contributed by atoms with Gasteiger partial charge in [-0.25, -0.2) is 4.98 Å². The Bertz CT molecular complexity index is 2180. The summed E-state index contributed by atoms with van der Waals surface area (Å²) in [5.74, 6) is -1.82. The van der Waals surface area contributed by atoms with Crippen LogP contribution in [0.15, 0.2) is 101 Å². The van der Waals surface area contributed by atoms with Gasteiger partial charge in [-0.15, -0.1) is 0 Å². The lowest BCUT2D eigenvalue weighted by molar-refractivity contribution is -0.142. The number of hydrogen-bond donors (Lipinski definition) is 6. The Morgan fingerprint density at radius 1 is 0.911 bits per heavy atom. The second-order valence-electron chi connectivity index (χ2n) is 13.9. The number of carbonyl (C=O) groups is 4. The minimum Gasteiger partial charge on any atom is -0.370 e. The number of primary amides is 1. The Kier molecular flexibility index (Phi) is 13.8. The van der Waals surface area contributed by atoms with Gasteiger partial charge in [0.05, 0.1) is 11.1 Å². The molecule has 6 rings (SSSR count). The van der Waals surface area contributed by atoms with Crippen molar-refractivity contribution in [2.45, 2.75) is 79.7 Å². The first-order valence-corrected chi connectivity index (χ1v) is 19.9. The molecular weight excluding hydrogens is 748 g/mol. The molecule has 4 amide bonds. The summed E-state index contributed by atoms with van der Waals surface area (Å²) >= 11 is 8.45. The van der Waals surface area contributed by atoms with Crippen LogP contribution in [0.1, 0.15) is 48.8 Å². The van der Waals surface area contributed by atoms with E-state index in [1.807, 2.05) is 79.0 Å². The van der Waals surface area contributed by atoms with Crippen molar-refractivity contribution in [3.63, 3.8) is 0 Å². The molecule has 292 valence electrons. The van der Waals surface area contributed by atoms with Gasteiger partial charge in [0.15, 0.2) is 0 Å². The van der Waals surface area contributed by atoms with E-state index < -0.39 is 35.8 Å². The maximum absolute atomic E-state index is 14.5. The standard InChI is InChI=1S/C42H47ClN8O4S/c1-51-36(22-29-24-47-33-14-6-5-13-31(29)33)40(54)49-25-30-20-28(26-10-3-2-4-11-26)21-32(43)38(30)56-41-27(12-9-19-46-41)23-48-34(16-17-37(45)52)39(53)50-35(42(51)55)15-7-8-18-44/h2-6,9-14,19-21,24,34-36,47-48H,7-8,15-18,22-23,25,44H2,1H3,(H2,45,52)(H,49,54)(H,50,53). The maximum Gasteiger partial charge on any atom is 0.245 e. The molecule has 3 heterocycles. The molecule has 0 spiro atoms. The molecule has 56 heavy (non-hydrogen) atoms. The quantitative estimate of drug-likeness (QED) is 0.106. The first-order valence-electron chi connectivity index (χ1n) is 18.7. The predicted molar refractivity (Wildman–Crippen MR) is 220 cm³/mol. The minimum atomic E-state index is -0.969. The van der Waals surface area contributed by atoms with Crippen molar-refractivity contribution in [2.24, 2.45) is 11.5 Å². The van der Waals surface area contributed by atoms with Crippen molar-refractivity contribution >= 4 is 57.9 Å². The number of amides is 4. The summed E-state index contributed by atoms with van der Waals surface area (Å²) in [5, 5.41) is 11.5. The van der Waals surface area contributed by atoms with Crippen LogP contribution in [-0.4, -0.2) is 70.2 Å². The fraction of sp³-hybridized carbons (Fsp3) is 0.310. The van der Waals surface area contributed by atoms with Crippen molar-refractivity contribution in [1.29, 1.82) is 0 Å². The van der Waals surface area contributed by atoms with Gasteiger partial charge < -0.3 is 37.3 Å². The van der Waals surface area contributed by atoms with E-state index in [0.717, 1.165) is 38.7 Å². The number of H-pyrrole nitrogens is 1. The zero-order chi connectivity index (χ0) is 39.6. The van der Waals surface area contributed by atoms with Gasteiger partial charge in [0.2, 0.25) is 23.6 Å². The van der Waals surface area contributed by atoms with E-state index in [4.69, 9.17) is 23.1 Å². The molecule has 1 aliphatic heterocycles. The molecule has 0 radical (unpaired) electrons. The Morgan fingerprint density at radius 3 is 2.48 bits per heavy atom. The van der Waals surface area contributed by atoms with Gasteiger partial charge in [-0.3, -0.25) is 19.2 Å². The number of nitrogens with two attached hydrogens (primary N) is 2. The van der Waals surface area contributed by atoms with Crippen LogP contribution in [0.4, 0.5) is 0 Å². The molecule has 0 saturated heterocycles. The van der Waals surface area contributed by atoms with Gasteiger partial charge in [0, 0.05) is 61.2 Å². The molecule has 8 N–H and O–H groups in total. The van der Waals surface area contributed by atoms with Crippen LogP contribution in [0.5, 0.6) is 0 Å². The highest BCUT2D eigenvalue weighted by atomic mass is 35.5. The van der Waals surface area contributed by atoms with E-state index in [0.29, 0.717) is 40.8 Å². The molecule has 5 aromatic rings. The van der Waals surface area contributed by atoms with Crippen LogP contribution >= 0.6 is 23.4 Å². The summed E-state index contributed by atoms with van der Waals surface area (Å²) in [5.41, 5.74) is 16.5. The van der Waals surface area contributed by atoms with Crippen LogP contribution in [0.3, 0.4) is 0 Å². The van der Waals surface area contributed by atoms with Crippen LogP contribution < -0.4 is 27.4 Å². The molecule has 14 heteroatoms. The summed E-state index contributed by atoms with van der Waals surface area (Å²) < 4.78 is 0. The Balaban J connectivity index is 1.45. The van der Waals surface area contributed by atoms with E-state index in [-0.39, 0.29) is 38.3 Å². The second-order valence-corrected chi connectivity index (χ2v) is 15.3. The first-order chi connectivity index (χ1) is 27.1. The van der Waals surface area contributed by atoms with Crippen LogP contribution in [-0.2, 0) is 38.7 Å². The molecule has 1 aliphatic rings. The number of nitrogens with one attached hydrogen (secondary N) is 4. The number of para-hydroxylation sites is 1. The number of likely N-dealkylation sites (N-methyl/N-ethyl adjacent to an activating group) is 1. The molecule has 3 atom stereocenters. The number of fused-ring (bicyclic) bond motifs is 3. The highest BCUT2D eigenvalue weighted by molar-refractivity contribution is 7.99. The molecule has 3 aromatic carbocycles. The lowest BCUT2D eigenvalue weighted by atomic mass is 10.0. The number of benzene rings is 3.